The lowest BCUT2D eigenvalue weighted by Gasteiger charge is -2.28. The summed E-state index contributed by atoms with van der Waals surface area (Å²) in [5.74, 6) is 0. The Bertz CT molecular complexity index is 263. The van der Waals surface area contributed by atoms with Gasteiger partial charge in [0.2, 0.25) is 0 Å². The fraction of sp³-hybridized carbons (Fsp3) is 0.700. The third-order valence-corrected chi connectivity index (χ3v) is 2.85. The Morgan fingerprint density at radius 3 is 3.00 bits per heavy atom. The molecule has 13 heavy (non-hydrogen) atoms. The Balaban J connectivity index is 2.02. The van der Waals surface area contributed by atoms with Crippen LogP contribution in [0.4, 0.5) is 0 Å². The van der Waals surface area contributed by atoms with Gasteiger partial charge in [0.25, 0.3) is 0 Å². The van der Waals surface area contributed by atoms with Crippen LogP contribution in [-0.4, -0.2) is 16.1 Å². The Hall–Kier alpha value is -0.830. The van der Waals surface area contributed by atoms with Crippen LogP contribution < -0.4 is 5.73 Å². The first-order valence-electron chi connectivity index (χ1n) is 5.12. The van der Waals surface area contributed by atoms with Gasteiger partial charge in [-0.25, -0.2) is 4.98 Å². The molecule has 0 radical (unpaired) electrons. The molecule has 72 valence electrons. The number of hydrogen-bond acceptors (Lipinski definition) is 2. The van der Waals surface area contributed by atoms with Gasteiger partial charge in [-0.15, -0.1) is 0 Å². The third kappa shape index (κ3) is 1.75. The van der Waals surface area contributed by atoms with Gasteiger partial charge in [-0.3, -0.25) is 0 Å². The Kier molecular flexibility index (Phi) is 2.64. The zero-order chi connectivity index (χ0) is 9.10. The highest BCUT2D eigenvalue weighted by Gasteiger charge is 2.20. The molecule has 1 saturated carbocycles. The summed E-state index contributed by atoms with van der Waals surface area (Å²) in [6.07, 6.45) is 10.1. The van der Waals surface area contributed by atoms with Crippen molar-refractivity contribution < 1.29 is 0 Å². The minimum Gasteiger partial charge on any atom is -0.332 e. The predicted molar refractivity (Wildman–Crippen MR) is 52.5 cm³/mol. The number of nitrogens with two attached hydrogens (primary N) is 1. The van der Waals surface area contributed by atoms with Gasteiger partial charge in [0.05, 0.1) is 6.33 Å². The highest BCUT2D eigenvalue weighted by Crippen LogP contribution is 2.32. The summed E-state index contributed by atoms with van der Waals surface area (Å²) in [7, 11) is 0. The molecule has 0 bridgehead atoms. The summed E-state index contributed by atoms with van der Waals surface area (Å²) in [6, 6.07) is 0.732. The van der Waals surface area contributed by atoms with E-state index in [1.54, 1.807) is 0 Å². The van der Waals surface area contributed by atoms with Crippen molar-refractivity contribution in [3.05, 3.63) is 18.2 Å². The molecule has 0 unspecified atom stereocenters. The van der Waals surface area contributed by atoms with Crippen LogP contribution >= 0.6 is 0 Å². The average molecular weight is 179 g/mol. The van der Waals surface area contributed by atoms with Gasteiger partial charge in [0.1, 0.15) is 0 Å². The summed E-state index contributed by atoms with van der Waals surface area (Å²) in [5.41, 5.74) is 6.84. The standard InChI is InChI=1S/C10H17N3/c11-6-2-5-10-7-12-8-13(10)9-3-1-4-9/h7-9H,1-6,11H2. The Labute approximate surface area is 79.0 Å². The topological polar surface area (TPSA) is 43.8 Å². The lowest BCUT2D eigenvalue weighted by atomic mass is 9.92. The van der Waals surface area contributed by atoms with E-state index < -0.39 is 0 Å². The number of nitrogens with zero attached hydrogens (tertiary/aromatic N) is 2. The summed E-state index contributed by atoms with van der Waals surface area (Å²) in [5, 5.41) is 0. The minimum absolute atomic E-state index is 0.732. The van der Waals surface area contributed by atoms with Crippen LogP contribution in [0.1, 0.15) is 37.4 Å². The quantitative estimate of drug-likeness (QED) is 0.761. The summed E-state index contributed by atoms with van der Waals surface area (Å²) < 4.78 is 2.33. The molecule has 0 aliphatic heterocycles. The Morgan fingerprint density at radius 1 is 1.54 bits per heavy atom. The number of aryl methyl sites for hydroxylation is 1. The number of aromatic nitrogens is 2. The van der Waals surface area contributed by atoms with E-state index in [1.165, 1.54) is 25.0 Å². The van der Waals surface area contributed by atoms with Crippen LogP contribution in [-0.2, 0) is 6.42 Å². The zero-order valence-corrected chi connectivity index (χ0v) is 7.95. The second kappa shape index (κ2) is 3.92. The van der Waals surface area contributed by atoms with Crippen molar-refractivity contribution in [2.75, 3.05) is 6.54 Å². The van der Waals surface area contributed by atoms with Crippen molar-refractivity contribution in [3.63, 3.8) is 0 Å². The Morgan fingerprint density at radius 2 is 2.38 bits per heavy atom. The molecule has 1 fully saturated rings. The highest BCUT2D eigenvalue weighted by molar-refractivity contribution is 5.02. The van der Waals surface area contributed by atoms with Crippen LogP contribution in [0.25, 0.3) is 0 Å². The SMILES string of the molecule is NCCCc1cncn1C1CCC1. The molecule has 2 rings (SSSR count). The first-order chi connectivity index (χ1) is 6.42. The normalized spacial score (nSPS) is 17.3. The third-order valence-electron chi connectivity index (χ3n) is 2.85. The molecule has 0 atom stereocenters. The second-order valence-electron chi connectivity index (χ2n) is 3.77. The molecule has 1 aliphatic rings. The molecule has 0 amide bonds. The molecule has 1 aliphatic carbocycles. The van der Waals surface area contributed by atoms with Crippen molar-refractivity contribution in [1.82, 2.24) is 9.55 Å². The lowest BCUT2D eigenvalue weighted by Crippen LogP contribution is -2.18. The minimum atomic E-state index is 0.732. The van der Waals surface area contributed by atoms with Crippen molar-refractivity contribution in [2.24, 2.45) is 5.73 Å². The molecule has 2 N–H and O–H groups in total. The first kappa shape index (κ1) is 8.75. The van der Waals surface area contributed by atoms with Crippen molar-refractivity contribution in [2.45, 2.75) is 38.1 Å². The maximum atomic E-state index is 5.49. The molecular weight excluding hydrogens is 162 g/mol. The molecule has 0 saturated heterocycles. The summed E-state index contributed by atoms with van der Waals surface area (Å²) in [6.45, 7) is 0.774. The van der Waals surface area contributed by atoms with E-state index in [4.69, 9.17) is 5.73 Å². The van der Waals surface area contributed by atoms with Crippen LogP contribution in [0.2, 0.25) is 0 Å². The fourth-order valence-corrected chi connectivity index (χ4v) is 1.80. The zero-order valence-electron chi connectivity index (χ0n) is 7.95. The van der Waals surface area contributed by atoms with E-state index in [-0.39, 0.29) is 0 Å². The van der Waals surface area contributed by atoms with Crippen LogP contribution in [0.5, 0.6) is 0 Å². The van der Waals surface area contributed by atoms with Gasteiger partial charge in [-0.05, 0) is 38.6 Å². The number of rotatable bonds is 4. The van der Waals surface area contributed by atoms with Gasteiger partial charge in [-0.1, -0.05) is 0 Å². The molecular formula is C10H17N3. The van der Waals surface area contributed by atoms with Gasteiger partial charge >= 0.3 is 0 Å². The van der Waals surface area contributed by atoms with E-state index >= 15 is 0 Å². The largest absolute Gasteiger partial charge is 0.332 e. The van der Waals surface area contributed by atoms with Gasteiger partial charge < -0.3 is 10.3 Å². The van der Waals surface area contributed by atoms with Crippen molar-refractivity contribution in [1.29, 1.82) is 0 Å². The monoisotopic (exact) mass is 179 g/mol. The molecule has 1 heterocycles. The van der Waals surface area contributed by atoms with Crippen LogP contribution in [0, 0.1) is 0 Å². The average Bonchev–Trinajstić information content (AvgIpc) is 2.46. The number of hydrogen-bond donors (Lipinski definition) is 1. The van der Waals surface area contributed by atoms with Gasteiger partial charge in [0.15, 0.2) is 0 Å². The first-order valence-corrected chi connectivity index (χ1v) is 5.12. The van der Waals surface area contributed by atoms with E-state index in [0.717, 1.165) is 25.4 Å². The number of imidazole rings is 1. The highest BCUT2D eigenvalue weighted by atomic mass is 15.1. The molecule has 0 spiro atoms. The van der Waals surface area contributed by atoms with Gasteiger partial charge in [0, 0.05) is 17.9 Å². The van der Waals surface area contributed by atoms with E-state index in [1.807, 2.05) is 12.5 Å². The van der Waals surface area contributed by atoms with Crippen LogP contribution in [0.15, 0.2) is 12.5 Å². The summed E-state index contributed by atoms with van der Waals surface area (Å²) in [4.78, 5) is 4.20. The maximum Gasteiger partial charge on any atom is 0.0950 e. The van der Waals surface area contributed by atoms with Crippen molar-refractivity contribution in [3.8, 4) is 0 Å². The van der Waals surface area contributed by atoms with E-state index in [2.05, 4.69) is 9.55 Å². The maximum absolute atomic E-state index is 5.49. The van der Waals surface area contributed by atoms with E-state index in [0.29, 0.717) is 0 Å². The predicted octanol–water partition coefficient (Wildman–Crippen LogP) is 1.50. The van der Waals surface area contributed by atoms with Crippen molar-refractivity contribution >= 4 is 0 Å². The van der Waals surface area contributed by atoms with Crippen LogP contribution in [0.3, 0.4) is 0 Å². The molecule has 1 aromatic heterocycles. The second-order valence-corrected chi connectivity index (χ2v) is 3.77. The lowest BCUT2D eigenvalue weighted by molar-refractivity contribution is 0.306. The summed E-state index contributed by atoms with van der Waals surface area (Å²) >= 11 is 0. The molecule has 1 aromatic rings. The fourth-order valence-electron chi connectivity index (χ4n) is 1.80. The van der Waals surface area contributed by atoms with E-state index in [9.17, 15) is 0 Å². The molecule has 3 heteroatoms. The molecule has 3 nitrogen and oxygen atoms in total. The van der Waals surface area contributed by atoms with Gasteiger partial charge in [-0.2, -0.15) is 0 Å². The smallest absolute Gasteiger partial charge is 0.0950 e. The molecule has 0 aromatic carbocycles.